The molecule has 0 fully saturated rings. The van der Waals surface area contributed by atoms with Gasteiger partial charge in [-0.1, -0.05) is 29.0 Å². The minimum Gasteiger partial charge on any atom is -0.331 e. The monoisotopic (exact) mass is 282 g/mol. The number of nitrogens with one attached hydrogen (secondary N) is 2. The van der Waals surface area contributed by atoms with Gasteiger partial charge >= 0.3 is 6.03 Å². The molecule has 0 spiro atoms. The van der Waals surface area contributed by atoms with Crippen molar-refractivity contribution in [2.45, 2.75) is 13.5 Å². The van der Waals surface area contributed by atoms with E-state index in [1.165, 1.54) is 11.3 Å². The number of benzene rings is 1. The lowest BCUT2D eigenvalue weighted by Gasteiger charge is -2.06. The normalized spacial score (nSPS) is 10.1. The Morgan fingerprint density at radius 1 is 1.44 bits per heavy atom. The molecule has 2 amide bonds. The molecule has 1 heterocycles. The Balaban J connectivity index is 1.85. The van der Waals surface area contributed by atoms with E-state index in [1.807, 2.05) is 6.92 Å². The van der Waals surface area contributed by atoms with Crippen LogP contribution in [-0.4, -0.2) is 16.2 Å². The summed E-state index contributed by atoms with van der Waals surface area (Å²) >= 11 is 7.27. The SMILES string of the molecule is Cc1nnc(CNC(=O)Nc2cccc(Cl)c2)s1. The van der Waals surface area contributed by atoms with E-state index in [0.717, 1.165) is 10.0 Å². The number of aromatic nitrogens is 2. The summed E-state index contributed by atoms with van der Waals surface area (Å²) in [6, 6.07) is 6.66. The number of amides is 2. The molecule has 1 aromatic heterocycles. The Morgan fingerprint density at radius 3 is 2.94 bits per heavy atom. The largest absolute Gasteiger partial charge is 0.331 e. The Kier molecular flexibility index (Phi) is 4.11. The maximum atomic E-state index is 11.6. The van der Waals surface area contributed by atoms with E-state index < -0.39 is 0 Å². The summed E-state index contributed by atoms with van der Waals surface area (Å²) in [7, 11) is 0. The van der Waals surface area contributed by atoms with Crippen molar-refractivity contribution in [3.8, 4) is 0 Å². The Hall–Kier alpha value is -1.66. The number of carbonyl (C=O) groups excluding carboxylic acids is 1. The second kappa shape index (κ2) is 5.79. The van der Waals surface area contributed by atoms with Gasteiger partial charge in [0.1, 0.15) is 10.0 Å². The minimum absolute atomic E-state index is 0.301. The number of hydrogen-bond donors (Lipinski definition) is 2. The molecular formula is C11H11ClN4OS. The quantitative estimate of drug-likeness (QED) is 0.910. The predicted octanol–water partition coefficient (Wildman–Crippen LogP) is 2.82. The van der Waals surface area contributed by atoms with Crippen molar-refractivity contribution < 1.29 is 4.79 Å². The maximum absolute atomic E-state index is 11.6. The van der Waals surface area contributed by atoms with E-state index in [-0.39, 0.29) is 6.03 Å². The standard InChI is InChI=1S/C11H11ClN4OS/c1-7-15-16-10(18-7)6-13-11(17)14-9-4-2-3-8(12)5-9/h2-5H,6H2,1H3,(H2,13,14,17). The van der Waals surface area contributed by atoms with Gasteiger partial charge in [0.05, 0.1) is 6.54 Å². The number of rotatable bonds is 3. The van der Waals surface area contributed by atoms with Crippen molar-refractivity contribution >= 4 is 34.7 Å². The second-order valence-corrected chi connectivity index (χ2v) is 5.24. The van der Waals surface area contributed by atoms with Gasteiger partial charge in [0.2, 0.25) is 0 Å². The maximum Gasteiger partial charge on any atom is 0.319 e. The van der Waals surface area contributed by atoms with Gasteiger partial charge in [-0.25, -0.2) is 4.79 Å². The molecule has 2 N–H and O–H groups in total. The molecule has 5 nitrogen and oxygen atoms in total. The van der Waals surface area contributed by atoms with Gasteiger partial charge in [0, 0.05) is 10.7 Å². The predicted molar refractivity (Wildman–Crippen MR) is 72.0 cm³/mol. The number of urea groups is 1. The average molecular weight is 283 g/mol. The summed E-state index contributed by atoms with van der Waals surface area (Å²) < 4.78 is 0. The van der Waals surface area contributed by atoms with Crippen LogP contribution in [0, 0.1) is 6.92 Å². The highest BCUT2D eigenvalue weighted by atomic mass is 35.5. The first-order valence-electron chi connectivity index (χ1n) is 5.23. The van der Waals surface area contributed by atoms with Crippen molar-refractivity contribution in [3.05, 3.63) is 39.3 Å². The summed E-state index contributed by atoms with van der Waals surface area (Å²) in [5.74, 6) is 0. The van der Waals surface area contributed by atoms with Crippen molar-refractivity contribution in [2.24, 2.45) is 0 Å². The van der Waals surface area contributed by atoms with Gasteiger partial charge in [-0.2, -0.15) is 0 Å². The molecule has 1 aromatic carbocycles. The molecule has 0 aliphatic carbocycles. The van der Waals surface area contributed by atoms with Crippen LogP contribution in [0.3, 0.4) is 0 Å². The van der Waals surface area contributed by atoms with Crippen LogP contribution in [0.25, 0.3) is 0 Å². The molecular weight excluding hydrogens is 272 g/mol. The highest BCUT2D eigenvalue weighted by Crippen LogP contribution is 2.14. The number of halogens is 1. The van der Waals surface area contributed by atoms with E-state index >= 15 is 0 Å². The Bertz CT molecular complexity index is 557. The molecule has 0 atom stereocenters. The first-order valence-corrected chi connectivity index (χ1v) is 6.42. The average Bonchev–Trinajstić information content (AvgIpc) is 2.73. The number of carbonyl (C=O) groups is 1. The summed E-state index contributed by atoms with van der Waals surface area (Å²) in [5, 5.41) is 15.4. The van der Waals surface area contributed by atoms with Crippen molar-refractivity contribution in [1.29, 1.82) is 0 Å². The van der Waals surface area contributed by atoms with Crippen LogP contribution < -0.4 is 10.6 Å². The van der Waals surface area contributed by atoms with Crippen molar-refractivity contribution in [1.82, 2.24) is 15.5 Å². The fraction of sp³-hybridized carbons (Fsp3) is 0.182. The summed E-state index contributed by atoms with van der Waals surface area (Å²) in [6.07, 6.45) is 0. The lowest BCUT2D eigenvalue weighted by atomic mass is 10.3. The third kappa shape index (κ3) is 3.68. The molecule has 18 heavy (non-hydrogen) atoms. The van der Waals surface area contributed by atoms with Gasteiger partial charge in [0.25, 0.3) is 0 Å². The molecule has 2 aromatic rings. The summed E-state index contributed by atoms with van der Waals surface area (Å²) in [5.41, 5.74) is 0.647. The smallest absolute Gasteiger partial charge is 0.319 e. The molecule has 0 unspecified atom stereocenters. The molecule has 0 radical (unpaired) electrons. The molecule has 0 aliphatic heterocycles. The lowest BCUT2D eigenvalue weighted by Crippen LogP contribution is -2.28. The molecule has 0 saturated carbocycles. The molecule has 94 valence electrons. The third-order valence-electron chi connectivity index (χ3n) is 2.05. The van der Waals surface area contributed by atoms with Crippen LogP contribution in [0.2, 0.25) is 5.02 Å². The molecule has 0 aliphatic rings. The first kappa shape index (κ1) is 12.8. The van der Waals surface area contributed by atoms with Crippen molar-refractivity contribution in [2.75, 3.05) is 5.32 Å². The Labute approximate surface area is 113 Å². The topological polar surface area (TPSA) is 66.9 Å². The van der Waals surface area contributed by atoms with Gasteiger partial charge in [-0.05, 0) is 25.1 Å². The molecule has 0 saturated heterocycles. The highest BCUT2D eigenvalue weighted by molar-refractivity contribution is 7.11. The van der Waals surface area contributed by atoms with Gasteiger partial charge < -0.3 is 10.6 Å². The van der Waals surface area contributed by atoms with E-state index in [4.69, 9.17) is 11.6 Å². The number of hydrogen-bond acceptors (Lipinski definition) is 4. The van der Waals surface area contributed by atoms with Gasteiger partial charge in [0.15, 0.2) is 0 Å². The first-order chi connectivity index (χ1) is 8.63. The molecule has 7 heteroatoms. The number of aryl methyl sites for hydroxylation is 1. The third-order valence-corrected chi connectivity index (χ3v) is 3.12. The van der Waals surface area contributed by atoms with Crippen LogP contribution in [0.1, 0.15) is 10.0 Å². The Morgan fingerprint density at radius 2 is 2.28 bits per heavy atom. The summed E-state index contributed by atoms with van der Waals surface area (Å²) in [4.78, 5) is 11.6. The van der Waals surface area contributed by atoms with E-state index in [1.54, 1.807) is 24.3 Å². The molecule has 2 rings (SSSR count). The van der Waals surface area contributed by atoms with Crippen LogP contribution in [-0.2, 0) is 6.54 Å². The number of nitrogens with zero attached hydrogens (tertiary/aromatic N) is 2. The van der Waals surface area contributed by atoms with Crippen LogP contribution >= 0.6 is 22.9 Å². The van der Waals surface area contributed by atoms with Crippen LogP contribution in [0.15, 0.2) is 24.3 Å². The van der Waals surface area contributed by atoms with Crippen molar-refractivity contribution in [3.63, 3.8) is 0 Å². The fourth-order valence-corrected chi connectivity index (χ4v) is 2.15. The van der Waals surface area contributed by atoms with Crippen LogP contribution in [0.4, 0.5) is 10.5 Å². The lowest BCUT2D eigenvalue weighted by molar-refractivity contribution is 0.251. The zero-order chi connectivity index (χ0) is 13.0. The van der Waals surface area contributed by atoms with Gasteiger partial charge in [-0.3, -0.25) is 0 Å². The zero-order valence-electron chi connectivity index (χ0n) is 9.61. The zero-order valence-corrected chi connectivity index (χ0v) is 11.2. The van der Waals surface area contributed by atoms with Gasteiger partial charge in [-0.15, -0.1) is 10.2 Å². The fourth-order valence-electron chi connectivity index (χ4n) is 1.31. The molecule has 0 bridgehead atoms. The van der Waals surface area contributed by atoms with E-state index in [2.05, 4.69) is 20.8 Å². The van der Waals surface area contributed by atoms with Crippen LogP contribution in [0.5, 0.6) is 0 Å². The second-order valence-electron chi connectivity index (χ2n) is 3.53. The van der Waals surface area contributed by atoms with E-state index in [9.17, 15) is 4.79 Å². The number of anilines is 1. The minimum atomic E-state index is -0.301. The van der Waals surface area contributed by atoms with E-state index in [0.29, 0.717) is 17.3 Å². The highest BCUT2D eigenvalue weighted by Gasteiger charge is 2.04. The summed E-state index contributed by atoms with van der Waals surface area (Å²) in [6.45, 7) is 2.23.